The van der Waals surface area contributed by atoms with Gasteiger partial charge in [-0.15, -0.1) is 0 Å². The molecule has 3 nitrogen and oxygen atoms in total. The lowest BCUT2D eigenvalue weighted by molar-refractivity contribution is -0.125. The van der Waals surface area contributed by atoms with Crippen LogP contribution in [0.1, 0.15) is 32.4 Å². The highest BCUT2D eigenvalue weighted by Crippen LogP contribution is 2.14. The summed E-state index contributed by atoms with van der Waals surface area (Å²) < 4.78 is 13.0. The van der Waals surface area contributed by atoms with Gasteiger partial charge in [0.1, 0.15) is 5.82 Å². The van der Waals surface area contributed by atoms with Gasteiger partial charge in [-0.05, 0) is 38.5 Å². The lowest BCUT2D eigenvalue weighted by atomic mass is 10.0. The Hall–Kier alpha value is -1.42. The molecule has 1 amide bonds. The highest BCUT2D eigenvalue weighted by Gasteiger charge is 2.23. The molecule has 1 aromatic carbocycles. The number of benzene rings is 1. The Morgan fingerprint density at radius 2 is 2.12 bits per heavy atom. The fraction of sp³-hybridized carbons (Fsp3) is 0.417. The molecular formula is C12H17FN2O. The van der Waals surface area contributed by atoms with Gasteiger partial charge < -0.3 is 11.1 Å². The van der Waals surface area contributed by atoms with Gasteiger partial charge in [0.15, 0.2) is 0 Å². The van der Waals surface area contributed by atoms with E-state index in [2.05, 4.69) is 5.32 Å². The molecule has 1 rings (SSSR count). The number of nitrogens with one attached hydrogen (secondary N) is 1. The number of carbonyl (C=O) groups excluding carboxylic acids is 1. The monoisotopic (exact) mass is 224 g/mol. The third-order valence-corrected chi connectivity index (χ3v) is 2.28. The first-order valence-electron chi connectivity index (χ1n) is 5.16. The number of carbonyl (C=O) groups is 1. The molecule has 0 aliphatic carbocycles. The van der Waals surface area contributed by atoms with Crippen molar-refractivity contribution in [3.8, 4) is 0 Å². The summed E-state index contributed by atoms with van der Waals surface area (Å²) >= 11 is 0. The topological polar surface area (TPSA) is 55.1 Å². The van der Waals surface area contributed by atoms with Gasteiger partial charge in [-0.25, -0.2) is 4.39 Å². The zero-order valence-electron chi connectivity index (χ0n) is 9.75. The van der Waals surface area contributed by atoms with E-state index in [-0.39, 0.29) is 17.8 Å². The quantitative estimate of drug-likeness (QED) is 0.821. The summed E-state index contributed by atoms with van der Waals surface area (Å²) in [6, 6.07) is 5.88. The van der Waals surface area contributed by atoms with Crippen molar-refractivity contribution in [3.63, 3.8) is 0 Å². The molecule has 3 N–H and O–H groups in total. The lowest BCUT2D eigenvalue weighted by Gasteiger charge is -2.22. The molecule has 4 heteroatoms. The molecule has 1 atom stereocenters. The summed E-state index contributed by atoms with van der Waals surface area (Å²) in [4.78, 5) is 11.6. The van der Waals surface area contributed by atoms with Gasteiger partial charge in [0.05, 0.1) is 11.6 Å². The van der Waals surface area contributed by atoms with Crippen LogP contribution in [0, 0.1) is 5.82 Å². The van der Waals surface area contributed by atoms with Crippen molar-refractivity contribution in [2.45, 2.75) is 32.4 Å². The van der Waals surface area contributed by atoms with E-state index in [0.29, 0.717) is 0 Å². The van der Waals surface area contributed by atoms with E-state index in [9.17, 15) is 9.18 Å². The summed E-state index contributed by atoms with van der Waals surface area (Å²) in [5.41, 5.74) is 5.44. The van der Waals surface area contributed by atoms with E-state index in [1.807, 2.05) is 0 Å². The van der Waals surface area contributed by atoms with Gasteiger partial charge in [-0.3, -0.25) is 4.79 Å². The standard InChI is InChI=1S/C12H17FN2O/c1-8(15-11(16)12(2,3)14)9-5-4-6-10(13)7-9/h4-8H,14H2,1-3H3,(H,15,16). The first-order valence-corrected chi connectivity index (χ1v) is 5.16. The Kier molecular flexibility index (Phi) is 3.65. The normalized spacial score (nSPS) is 13.3. The van der Waals surface area contributed by atoms with E-state index in [1.54, 1.807) is 32.9 Å². The van der Waals surface area contributed by atoms with Gasteiger partial charge in [-0.1, -0.05) is 12.1 Å². The Balaban J connectivity index is 2.73. The predicted molar refractivity (Wildman–Crippen MR) is 61.2 cm³/mol. The molecule has 1 aromatic rings. The molecule has 0 fully saturated rings. The van der Waals surface area contributed by atoms with Gasteiger partial charge in [0.25, 0.3) is 0 Å². The van der Waals surface area contributed by atoms with Crippen LogP contribution >= 0.6 is 0 Å². The minimum Gasteiger partial charge on any atom is -0.348 e. The van der Waals surface area contributed by atoms with E-state index >= 15 is 0 Å². The molecule has 0 aliphatic rings. The molecule has 0 radical (unpaired) electrons. The highest BCUT2D eigenvalue weighted by molar-refractivity contribution is 5.85. The smallest absolute Gasteiger partial charge is 0.239 e. The van der Waals surface area contributed by atoms with Crippen molar-refractivity contribution in [2.24, 2.45) is 5.73 Å². The van der Waals surface area contributed by atoms with Crippen LogP contribution in [0.25, 0.3) is 0 Å². The maximum absolute atomic E-state index is 13.0. The Morgan fingerprint density at radius 3 is 2.62 bits per heavy atom. The second-order valence-electron chi connectivity index (χ2n) is 4.47. The van der Waals surface area contributed by atoms with Crippen LogP contribution in [0.3, 0.4) is 0 Å². The molecular weight excluding hydrogens is 207 g/mol. The molecule has 0 bridgehead atoms. The summed E-state index contributed by atoms with van der Waals surface area (Å²) in [7, 11) is 0. The first kappa shape index (κ1) is 12.6. The van der Waals surface area contributed by atoms with Gasteiger partial charge in [0, 0.05) is 0 Å². The molecule has 1 unspecified atom stereocenters. The predicted octanol–water partition coefficient (Wildman–Crippen LogP) is 1.74. The molecule has 0 heterocycles. The van der Waals surface area contributed by atoms with E-state index in [1.165, 1.54) is 12.1 Å². The number of hydrogen-bond acceptors (Lipinski definition) is 2. The zero-order valence-corrected chi connectivity index (χ0v) is 9.75. The Labute approximate surface area is 94.8 Å². The van der Waals surface area contributed by atoms with Crippen LogP contribution in [0.4, 0.5) is 4.39 Å². The van der Waals surface area contributed by atoms with Gasteiger partial charge in [-0.2, -0.15) is 0 Å². The number of nitrogens with two attached hydrogens (primary N) is 1. The SMILES string of the molecule is CC(NC(=O)C(C)(C)N)c1cccc(F)c1. The maximum atomic E-state index is 13.0. The third kappa shape index (κ3) is 3.31. The van der Waals surface area contributed by atoms with Gasteiger partial charge >= 0.3 is 0 Å². The van der Waals surface area contributed by atoms with E-state index in [0.717, 1.165) is 5.56 Å². The molecule has 0 saturated heterocycles. The van der Waals surface area contributed by atoms with Crippen LogP contribution < -0.4 is 11.1 Å². The maximum Gasteiger partial charge on any atom is 0.239 e. The summed E-state index contributed by atoms with van der Waals surface area (Å²) in [6.45, 7) is 5.04. The minimum atomic E-state index is -0.929. The fourth-order valence-electron chi connectivity index (χ4n) is 1.24. The van der Waals surface area contributed by atoms with Gasteiger partial charge in [0.2, 0.25) is 5.91 Å². The highest BCUT2D eigenvalue weighted by atomic mass is 19.1. The van der Waals surface area contributed by atoms with Crippen molar-refractivity contribution in [1.82, 2.24) is 5.32 Å². The average molecular weight is 224 g/mol. The Bertz CT molecular complexity index is 385. The fourth-order valence-corrected chi connectivity index (χ4v) is 1.24. The molecule has 16 heavy (non-hydrogen) atoms. The lowest BCUT2D eigenvalue weighted by Crippen LogP contribution is -2.49. The molecule has 0 aliphatic heterocycles. The molecule has 0 spiro atoms. The third-order valence-electron chi connectivity index (χ3n) is 2.28. The summed E-state index contributed by atoms with van der Waals surface area (Å²) in [6.07, 6.45) is 0. The van der Waals surface area contributed by atoms with Crippen molar-refractivity contribution < 1.29 is 9.18 Å². The number of hydrogen-bond donors (Lipinski definition) is 2. The van der Waals surface area contributed by atoms with Crippen LogP contribution in [-0.4, -0.2) is 11.4 Å². The number of amides is 1. The van der Waals surface area contributed by atoms with Crippen molar-refractivity contribution in [3.05, 3.63) is 35.6 Å². The van der Waals surface area contributed by atoms with Crippen molar-refractivity contribution in [2.75, 3.05) is 0 Å². The van der Waals surface area contributed by atoms with Crippen LogP contribution in [0.2, 0.25) is 0 Å². The van der Waals surface area contributed by atoms with E-state index in [4.69, 9.17) is 5.73 Å². The number of rotatable bonds is 3. The van der Waals surface area contributed by atoms with Crippen LogP contribution in [0.5, 0.6) is 0 Å². The van der Waals surface area contributed by atoms with Crippen LogP contribution in [0.15, 0.2) is 24.3 Å². The average Bonchev–Trinajstić information content (AvgIpc) is 2.16. The van der Waals surface area contributed by atoms with E-state index < -0.39 is 5.54 Å². The largest absolute Gasteiger partial charge is 0.348 e. The second-order valence-corrected chi connectivity index (χ2v) is 4.47. The van der Waals surface area contributed by atoms with Crippen molar-refractivity contribution in [1.29, 1.82) is 0 Å². The first-order chi connectivity index (χ1) is 7.30. The molecule has 0 aromatic heterocycles. The van der Waals surface area contributed by atoms with Crippen LogP contribution in [-0.2, 0) is 4.79 Å². The summed E-state index contributed by atoms with van der Waals surface area (Å²) in [5.74, 6) is -0.574. The molecule has 88 valence electrons. The Morgan fingerprint density at radius 1 is 1.50 bits per heavy atom. The minimum absolute atomic E-state index is 0.258. The zero-order chi connectivity index (χ0) is 12.3. The van der Waals surface area contributed by atoms with Crippen molar-refractivity contribution >= 4 is 5.91 Å². The number of halogens is 1. The second kappa shape index (κ2) is 4.61. The summed E-state index contributed by atoms with van der Waals surface area (Å²) in [5, 5.41) is 2.73. The molecule has 0 saturated carbocycles.